The van der Waals surface area contributed by atoms with Crippen LogP contribution in [0.15, 0.2) is 6.20 Å². The fraction of sp³-hybridized carbons (Fsp3) is 0.556. The third-order valence-corrected chi connectivity index (χ3v) is 1.94. The molecule has 0 aromatic carbocycles. The van der Waals surface area contributed by atoms with Gasteiger partial charge in [0, 0.05) is 13.2 Å². The third kappa shape index (κ3) is 2.25. The summed E-state index contributed by atoms with van der Waals surface area (Å²) in [6.45, 7) is 3.63. The van der Waals surface area contributed by atoms with Gasteiger partial charge in [-0.05, 0) is 13.8 Å². The maximum atomic E-state index is 11.1. The van der Waals surface area contributed by atoms with E-state index >= 15 is 0 Å². The van der Waals surface area contributed by atoms with Gasteiger partial charge in [0.1, 0.15) is 6.04 Å². The Morgan fingerprint density at radius 2 is 2.36 bits per heavy atom. The molecular weight excluding hydrogens is 182 g/mol. The number of aromatic nitrogens is 2. The van der Waals surface area contributed by atoms with Crippen molar-refractivity contribution >= 4 is 11.7 Å². The first-order chi connectivity index (χ1) is 6.54. The standard InChI is InChI=1S/C9H15N3O2/c1-6-8(5-12(3)11-6)10-7(2)9(13)14-4/h5,7,10H,1-4H3. The van der Waals surface area contributed by atoms with Crippen molar-refractivity contribution in [2.45, 2.75) is 19.9 Å². The number of aryl methyl sites for hydroxylation is 2. The Morgan fingerprint density at radius 1 is 1.71 bits per heavy atom. The van der Waals surface area contributed by atoms with Crippen LogP contribution in [0.3, 0.4) is 0 Å². The van der Waals surface area contributed by atoms with Gasteiger partial charge in [-0.1, -0.05) is 0 Å². The molecule has 0 fully saturated rings. The lowest BCUT2D eigenvalue weighted by Crippen LogP contribution is -2.27. The van der Waals surface area contributed by atoms with Gasteiger partial charge < -0.3 is 10.1 Å². The highest BCUT2D eigenvalue weighted by Gasteiger charge is 2.14. The average molecular weight is 197 g/mol. The third-order valence-electron chi connectivity index (χ3n) is 1.94. The minimum atomic E-state index is -0.358. The van der Waals surface area contributed by atoms with Crippen molar-refractivity contribution in [2.24, 2.45) is 7.05 Å². The number of hydrogen-bond acceptors (Lipinski definition) is 4. The molecule has 0 aliphatic rings. The molecule has 0 bridgehead atoms. The number of anilines is 1. The zero-order chi connectivity index (χ0) is 10.7. The number of nitrogens with one attached hydrogen (secondary N) is 1. The number of esters is 1. The number of methoxy groups -OCH3 is 1. The molecular formula is C9H15N3O2. The van der Waals surface area contributed by atoms with Crippen molar-refractivity contribution in [2.75, 3.05) is 12.4 Å². The summed E-state index contributed by atoms with van der Waals surface area (Å²) in [5, 5.41) is 7.18. The molecule has 1 heterocycles. The van der Waals surface area contributed by atoms with Crippen LogP contribution in [0.5, 0.6) is 0 Å². The molecule has 0 saturated heterocycles. The van der Waals surface area contributed by atoms with Crippen LogP contribution < -0.4 is 5.32 Å². The van der Waals surface area contributed by atoms with Crippen molar-refractivity contribution in [1.82, 2.24) is 9.78 Å². The smallest absolute Gasteiger partial charge is 0.327 e. The van der Waals surface area contributed by atoms with Crippen molar-refractivity contribution in [3.05, 3.63) is 11.9 Å². The zero-order valence-corrected chi connectivity index (χ0v) is 8.87. The number of ether oxygens (including phenoxy) is 1. The number of carbonyl (C=O) groups is 1. The Morgan fingerprint density at radius 3 is 2.79 bits per heavy atom. The van der Waals surface area contributed by atoms with E-state index in [1.165, 1.54) is 7.11 Å². The summed E-state index contributed by atoms with van der Waals surface area (Å²) in [5.41, 5.74) is 1.72. The Bertz CT molecular complexity index is 333. The molecule has 1 unspecified atom stereocenters. The topological polar surface area (TPSA) is 56.1 Å². The molecule has 0 amide bonds. The number of rotatable bonds is 3. The van der Waals surface area contributed by atoms with Crippen LogP contribution >= 0.6 is 0 Å². The summed E-state index contributed by atoms with van der Waals surface area (Å²) < 4.78 is 6.30. The van der Waals surface area contributed by atoms with E-state index in [0.29, 0.717) is 0 Å². The summed E-state index contributed by atoms with van der Waals surface area (Å²) in [5.74, 6) is -0.284. The lowest BCUT2D eigenvalue weighted by atomic mass is 10.3. The largest absolute Gasteiger partial charge is 0.467 e. The Kier molecular flexibility index (Phi) is 3.11. The van der Waals surface area contributed by atoms with Gasteiger partial charge in [0.05, 0.1) is 18.5 Å². The van der Waals surface area contributed by atoms with Crippen LogP contribution in [0, 0.1) is 6.92 Å². The average Bonchev–Trinajstić information content (AvgIpc) is 2.44. The van der Waals surface area contributed by atoms with E-state index in [1.807, 2.05) is 20.2 Å². The molecule has 5 nitrogen and oxygen atoms in total. The van der Waals surface area contributed by atoms with Crippen LogP contribution in [0.2, 0.25) is 0 Å². The monoisotopic (exact) mass is 197 g/mol. The van der Waals surface area contributed by atoms with Crippen molar-refractivity contribution < 1.29 is 9.53 Å². The Balaban J connectivity index is 2.69. The fourth-order valence-electron chi connectivity index (χ4n) is 1.21. The van der Waals surface area contributed by atoms with Gasteiger partial charge in [-0.2, -0.15) is 5.10 Å². The molecule has 1 atom stereocenters. The summed E-state index contributed by atoms with van der Waals surface area (Å²) in [4.78, 5) is 11.1. The molecule has 0 radical (unpaired) electrons. The first-order valence-electron chi connectivity index (χ1n) is 4.39. The van der Waals surface area contributed by atoms with E-state index in [2.05, 4.69) is 15.2 Å². The van der Waals surface area contributed by atoms with E-state index < -0.39 is 0 Å². The molecule has 1 rings (SSSR count). The highest BCUT2D eigenvalue weighted by Crippen LogP contribution is 2.12. The maximum absolute atomic E-state index is 11.1. The van der Waals surface area contributed by atoms with Crippen molar-refractivity contribution in [1.29, 1.82) is 0 Å². The first kappa shape index (κ1) is 10.6. The number of nitrogens with zero attached hydrogens (tertiary/aromatic N) is 2. The zero-order valence-electron chi connectivity index (χ0n) is 8.87. The van der Waals surface area contributed by atoms with Crippen molar-refractivity contribution in [3.8, 4) is 0 Å². The quantitative estimate of drug-likeness (QED) is 0.725. The first-order valence-corrected chi connectivity index (χ1v) is 4.39. The molecule has 0 spiro atoms. The molecule has 0 aliphatic carbocycles. The molecule has 78 valence electrons. The van der Waals surface area contributed by atoms with E-state index in [0.717, 1.165) is 11.4 Å². The van der Waals surface area contributed by atoms with Gasteiger partial charge >= 0.3 is 5.97 Å². The normalized spacial score (nSPS) is 12.3. The maximum Gasteiger partial charge on any atom is 0.327 e. The van der Waals surface area contributed by atoms with Crippen LogP contribution in [-0.2, 0) is 16.6 Å². The van der Waals surface area contributed by atoms with Gasteiger partial charge in [0.25, 0.3) is 0 Å². The van der Waals surface area contributed by atoms with Crippen LogP contribution in [-0.4, -0.2) is 28.9 Å². The predicted octanol–water partition coefficient (Wildman–Crippen LogP) is 0.702. The van der Waals surface area contributed by atoms with Crippen LogP contribution in [0.4, 0.5) is 5.69 Å². The minimum absolute atomic E-state index is 0.284. The van der Waals surface area contributed by atoms with Crippen LogP contribution in [0.25, 0.3) is 0 Å². The molecule has 0 saturated carbocycles. The molecule has 1 N–H and O–H groups in total. The summed E-state index contributed by atoms with van der Waals surface area (Å²) in [6, 6.07) is -0.358. The minimum Gasteiger partial charge on any atom is -0.467 e. The highest BCUT2D eigenvalue weighted by atomic mass is 16.5. The van der Waals surface area contributed by atoms with E-state index in [4.69, 9.17) is 0 Å². The molecule has 0 aliphatic heterocycles. The van der Waals surface area contributed by atoms with E-state index in [9.17, 15) is 4.79 Å². The lowest BCUT2D eigenvalue weighted by Gasteiger charge is -2.11. The van der Waals surface area contributed by atoms with Gasteiger partial charge in [-0.15, -0.1) is 0 Å². The van der Waals surface area contributed by atoms with E-state index in [1.54, 1.807) is 11.6 Å². The van der Waals surface area contributed by atoms with Crippen molar-refractivity contribution in [3.63, 3.8) is 0 Å². The summed E-state index contributed by atoms with van der Waals surface area (Å²) in [7, 11) is 3.21. The second-order valence-corrected chi connectivity index (χ2v) is 3.19. The highest BCUT2D eigenvalue weighted by molar-refractivity contribution is 5.78. The second kappa shape index (κ2) is 4.13. The molecule has 5 heteroatoms. The molecule has 1 aromatic rings. The SMILES string of the molecule is COC(=O)C(C)Nc1cn(C)nc1C. The molecule has 14 heavy (non-hydrogen) atoms. The lowest BCUT2D eigenvalue weighted by molar-refractivity contribution is -0.141. The fourth-order valence-corrected chi connectivity index (χ4v) is 1.21. The predicted molar refractivity (Wildman–Crippen MR) is 53.0 cm³/mol. The van der Waals surface area contributed by atoms with E-state index in [-0.39, 0.29) is 12.0 Å². The summed E-state index contributed by atoms with van der Waals surface area (Å²) >= 11 is 0. The molecule has 1 aromatic heterocycles. The second-order valence-electron chi connectivity index (χ2n) is 3.19. The van der Waals surface area contributed by atoms with Gasteiger partial charge in [-0.25, -0.2) is 4.79 Å². The Hall–Kier alpha value is -1.52. The number of hydrogen-bond donors (Lipinski definition) is 1. The van der Waals surface area contributed by atoms with Gasteiger partial charge in [0.15, 0.2) is 0 Å². The summed E-state index contributed by atoms with van der Waals surface area (Å²) in [6.07, 6.45) is 1.83. The van der Waals surface area contributed by atoms with Gasteiger partial charge in [0.2, 0.25) is 0 Å². The van der Waals surface area contributed by atoms with Gasteiger partial charge in [-0.3, -0.25) is 4.68 Å². The Labute approximate surface area is 83.1 Å². The number of carbonyl (C=O) groups excluding carboxylic acids is 1. The van der Waals surface area contributed by atoms with Crippen LogP contribution in [0.1, 0.15) is 12.6 Å².